The normalized spacial score (nSPS) is 21.5. The maximum absolute atomic E-state index is 13.0. The molecule has 0 bridgehead atoms. The van der Waals surface area contributed by atoms with Crippen molar-refractivity contribution in [2.75, 3.05) is 45.2 Å². The van der Waals surface area contributed by atoms with Crippen molar-refractivity contribution in [1.82, 2.24) is 9.80 Å². The fraction of sp³-hybridized carbons (Fsp3) is 0.462. The first kappa shape index (κ1) is 21.6. The third-order valence-corrected chi connectivity index (χ3v) is 6.78. The Bertz CT molecular complexity index is 903. The second-order valence-electron chi connectivity index (χ2n) is 9.06. The highest BCUT2D eigenvalue weighted by atomic mass is 16.2. The van der Waals surface area contributed by atoms with Crippen molar-refractivity contribution in [3.05, 3.63) is 65.2 Å². The molecule has 2 heterocycles. The summed E-state index contributed by atoms with van der Waals surface area (Å²) in [5, 5.41) is 0. The predicted molar refractivity (Wildman–Crippen MR) is 125 cm³/mol. The molecule has 1 saturated heterocycles. The van der Waals surface area contributed by atoms with Crippen molar-refractivity contribution >= 4 is 17.5 Å². The lowest BCUT2D eigenvalue weighted by Gasteiger charge is -2.40. The summed E-state index contributed by atoms with van der Waals surface area (Å²) in [6.45, 7) is 5.78. The van der Waals surface area contributed by atoms with E-state index in [1.807, 2.05) is 26.2 Å². The van der Waals surface area contributed by atoms with Gasteiger partial charge < -0.3 is 9.80 Å². The molecule has 0 spiro atoms. The van der Waals surface area contributed by atoms with Crippen molar-refractivity contribution < 1.29 is 9.59 Å². The van der Waals surface area contributed by atoms with Crippen molar-refractivity contribution in [3.8, 4) is 0 Å². The summed E-state index contributed by atoms with van der Waals surface area (Å²) < 4.78 is 0. The molecule has 2 aliphatic rings. The van der Waals surface area contributed by atoms with Gasteiger partial charge in [0.25, 0.3) is 11.8 Å². The molecule has 31 heavy (non-hydrogen) atoms. The number of nitrogens with zero attached hydrogens (tertiary/aromatic N) is 3. The maximum Gasteiger partial charge on any atom is 0.261 e. The molecule has 5 heteroatoms. The molecule has 0 radical (unpaired) electrons. The fourth-order valence-electron chi connectivity index (χ4n) is 4.98. The van der Waals surface area contributed by atoms with E-state index in [1.165, 1.54) is 29.0 Å². The highest BCUT2D eigenvalue weighted by Gasteiger charge is 2.39. The minimum absolute atomic E-state index is 0.145. The van der Waals surface area contributed by atoms with E-state index in [1.54, 1.807) is 12.1 Å². The van der Waals surface area contributed by atoms with Crippen LogP contribution in [0.5, 0.6) is 0 Å². The number of amides is 2. The topological polar surface area (TPSA) is 43.9 Å². The molecular formula is C26H33N3O2. The van der Waals surface area contributed by atoms with Gasteiger partial charge in [0.15, 0.2) is 0 Å². The lowest BCUT2D eigenvalue weighted by molar-refractivity contribution is 0.0569. The number of carbonyl (C=O) groups is 2. The van der Waals surface area contributed by atoms with Gasteiger partial charge in [-0.05, 0) is 67.6 Å². The smallest absolute Gasteiger partial charge is 0.261 e. The number of benzene rings is 2. The Kier molecular flexibility index (Phi) is 6.42. The summed E-state index contributed by atoms with van der Waals surface area (Å²) in [5.74, 6) is 0.289. The molecule has 2 amide bonds. The van der Waals surface area contributed by atoms with Crippen LogP contribution in [0.4, 0.5) is 5.69 Å². The third kappa shape index (κ3) is 4.38. The second kappa shape index (κ2) is 9.23. The van der Waals surface area contributed by atoms with E-state index < -0.39 is 0 Å². The molecule has 5 nitrogen and oxygen atoms in total. The lowest BCUT2D eigenvalue weighted by Crippen LogP contribution is -2.46. The van der Waals surface area contributed by atoms with Gasteiger partial charge in [0, 0.05) is 32.9 Å². The Labute approximate surface area is 185 Å². The number of piperidine rings is 1. The van der Waals surface area contributed by atoms with Gasteiger partial charge in [-0.1, -0.05) is 37.6 Å². The first-order valence-corrected chi connectivity index (χ1v) is 11.4. The molecule has 0 aromatic heterocycles. The Hall–Kier alpha value is -2.66. The summed E-state index contributed by atoms with van der Waals surface area (Å²) in [6, 6.07) is 16.0. The number of imide groups is 1. The van der Waals surface area contributed by atoms with Gasteiger partial charge in [-0.3, -0.25) is 14.5 Å². The van der Waals surface area contributed by atoms with E-state index in [0.717, 1.165) is 26.1 Å². The maximum atomic E-state index is 13.0. The van der Waals surface area contributed by atoms with Crippen LogP contribution in [0.25, 0.3) is 0 Å². The van der Waals surface area contributed by atoms with Crippen LogP contribution < -0.4 is 4.90 Å². The zero-order valence-electron chi connectivity index (χ0n) is 18.9. The molecule has 0 N–H and O–H groups in total. The molecular weight excluding hydrogens is 386 g/mol. The Balaban J connectivity index is 1.57. The Morgan fingerprint density at radius 1 is 0.968 bits per heavy atom. The van der Waals surface area contributed by atoms with Crippen LogP contribution in [0, 0.1) is 5.92 Å². The van der Waals surface area contributed by atoms with Crippen LogP contribution in [0.2, 0.25) is 0 Å². The number of carbonyl (C=O) groups excluding carboxylic acids is 2. The average Bonchev–Trinajstić information content (AvgIpc) is 3.03. The first-order valence-electron chi connectivity index (χ1n) is 11.4. The molecule has 2 aromatic rings. The molecule has 0 unspecified atom stereocenters. The van der Waals surface area contributed by atoms with Gasteiger partial charge in [0.1, 0.15) is 0 Å². The minimum atomic E-state index is -0.145. The Morgan fingerprint density at radius 2 is 1.61 bits per heavy atom. The standard InChI is InChI=1S/C26H33N3O2/c1-4-5-15-28-16-14-22(19-10-12-21(13-11-19)27(2)3)20(17-28)18-29-25(30)23-8-6-7-9-24(23)26(29)31/h6-13,20,22H,4-5,14-18H2,1-3H3/t20-,22-/m0/s1. The minimum Gasteiger partial charge on any atom is -0.378 e. The number of anilines is 1. The summed E-state index contributed by atoms with van der Waals surface area (Å²) in [7, 11) is 4.10. The molecule has 4 rings (SSSR count). The van der Waals surface area contributed by atoms with Crippen LogP contribution in [-0.2, 0) is 0 Å². The van der Waals surface area contributed by atoms with Crippen LogP contribution in [0.3, 0.4) is 0 Å². The van der Waals surface area contributed by atoms with E-state index in [4.69, 9.17) is 0 Å². The van der Waals surface area contributed by atoms with Crippen LogP contribution >= 0.6 is 0 Å². The molecule has 0 saturated carbocycles. The van der Waals surface area contributed by atoms with E-state index in [9.17, 15) is 9.59 Å². The first-order chi connectivity index (χ1) is 15.0. The van der Waals surface area contributed by atoms with Crippen molar-refractivity contribution in [1.29, 1.82) is 0 Å². The molecule has 2 atom stereocenters. The van der Waals surface area contributed by atoms with E-state index >= 15 is 0 Å². The summed E-state index contributed by atoms with van der Waals surface area (Å²) in [5.41, 5.74) is 3.57. The van der Waals surface area contributed by atoms with E-state index in [0.29, 0.717) is 23.6 Å². The molecule has 2 aliphatic heterocycles. The molecule has 164 valence electrons. The van der Waals surface area contributed by atoms with Gasteiger partial charge in [-0.2, -0.15) is 0 Å². The fourth-order valence-corrected chi connectivity index (χ4v) is 4.98. The molecule has 2 aromatic carbocycles. The summed E-state index contributed by atoms with van der Waals surface area (Å²) in [4.78, 5) is 32.1. The highest BCUT2D eigenvalue weighted by Crippen LogP contribution is 2.36. The number of fused-ring (bicyclic) bond motifs is 1. The van der Waals surface area contributed by atoms with Crippen molar-refractivity contribution in [2.45, 2.75) is 32.1 Å². The zero-order chi connectivity index (χ0) is 22.0. The van der Waals surface area contributed by atoms with Gasteiger partial charge >= 0.3 is 0 Å². The third-order valence-electron chi connectivity index (χ3n) is 6.78. The summed E-state index contributed by atoms with van der Waals surface area (Å²) in [6.07, 6.45) is 3.41. The van der Waals surface area contributed by atoms with Gasteiger partial charge in [0.05, 0.1) is 11.1 Å². The van der Waals surface area contributed by atoms with E-state index in [2.05, 4.69) is 41.0 Å². The number of likely N-dealkylation sites (tertiary alicyclic amines) is 1. The van der Waals surface area contributed by atoms with Crippen molar-refractivity contribution in [3.63, 3.8) is 0 Å². The lowest BCUT2D eigenvalue weighted by atomic mass is 9.80. The quantitative estimate of drug-likeness (QED) is 0.629. The SMILES string of the molecule is CCCCN1CC[C@@H](c2ccc(N(C)C)cc2)[C@H](CN2C(=O)c3ccccc3C2=O)C1. The van der Waals surface area contributed by atoms with Gasteiger partial charge in [-0.25, -0.2) is 0 Å². The molecule has 0 aliphatic carbocycles. The second-order valence-corrected chi connectivity index (χ2v) is 9.06. The van der Waals surface area contributed by atoms with Crippen LogP contribution in [0.1, 0.15) is 58.4 Å². The number of hydrogen-bond donors (Lipinski definition) is 0. The monoisotopic (exact) mass is 419 g/mol. The van der Waals surface area contributed by atoms with Gasteiger partial charge in [-0.15, -0.1) is 0 Å². The van der Waals surface area contributed by atoms with Gasteiger partial charge in [0.2, 0.25) is 0 Å². The zero-order valence-corrected chi connectivity index (χ0v) is 18.9. The van der Waals surface area contributed by atoms with E-state index in [-0.39, 0.29) is 17.7 Å². The number of hydrogen-bond acceptors (Lipinski definition) is 4. The molecule has 1 fully saturated rings. The van der Waals surface area contributed by atoms with Crippen LogP contribution in [-0.4, -0.2) is 61.9 Å². The Morgan fingerprint density at radius 3 is 2.19 bits per heavy atom. The average molecular weight is 420 g/mol. The predicted octanol–water partition coefficient (Wildman–Crippen LogP) is 4.25. The largest absolute Gasteiger partial charge is 0.378 e. The van der Waals surface area contributed by atoms with Crippen molar-refractivity contribution in [2.24, 2.45) is 5.92 Å². The number of rotatable bonds is 7. The highest BCUT2D eigenvalue weighted by molar-refractivity contribution is 6.21. The summed E-state index contributed by atoms with van der Waals surface area (Å²) >= 11 is 0. The van der Waals surface area contributed by atoms with Crippen LogP contribution in [0.15, 0.2) is 48.5 Å². The number of unbranched alkanes of at least 4 members (excludes halogenated alkanes) is 1.